The van der Waals surface area contributed by atoms with E-state index in [9.17, 15) is 17.6 Å². The van der Waals surface area contributed by atoms with Gasteiger partial charge in [-0.25, -0.2) is 12.8 Å². The number of halogens is 1. The fraction of sp³-hybridized carbons (Fsp3) is 0.300. The average molecular weight is 277 g/mol. The normalized spacial score (nSPS) is 13.2. The van der Waals surface area contributed by atoms with Gasteiger partial charge in [0.15, 0.2) is 0 Å². The van der Waals surface area contributed by atoms with Crippen LogP contribution in [0.25, 0.3) is 0 Å². The maximum atomic E-state index is 12.7. The van der Waals surface area contributed by atoms with Gasteiger partial charge < -0.3 is 9.84 Å². The van der Waals surface area contributed by atoms with E-state index < -0.39 is 27.9 Å². The molecule has 1 unspecified atom stereocenters. The third-order valence-corrected chi connectivity index (χ3v) is 3.54. The van der Waals surface area contributed by atoms with Crippen molar-refractivity contribution in [2.24, 2.45) is 0 Å². The fourth-order valence-electron chi connectivity index (χ4n) is 1.19. The lowest BCUT2D eigenvalue weighted by Gasteiger charge is -2.13. The van der Waals surface area contributed by atoms with Gasteiger partial charge in [0.1, 0.15) is 11.9 Å². The zero-order valence-corrected chi connectivity index (χ0v) is 10.3. The highest BCUT2D eigenvalue weighted by Crippen LogP contribution is 2.10. The highest BCUT2D eigenvalue weighted by Gasteiger charge is 2.25. The van der Waals surface area contributed by atoms with Crippen molar-refractivity contribution in [1.82, 2.24) is 4.72 Å². The first-order valence-corrected chi connectivity index (χ1v) is 6.35. The first-order valence-electron chi connectivity index (χ1n) is 4.86. The van der Waals surface area contributed by atoms with Crippen LogP contribution in [0.3, 0.4) is 0 Å². The van der Waals surface area contributed by atoms with E-state index in [1.165, 1.54) is 7.11 Å². The average Bonchev–Trinajstić information content (AvgIpc) is 2.28. The summed E-state index contributed by atoms with van der Waals surface area (Å²) in [5, 5.41) is 8.79. The lowest BCUT2D eigenvalue weighted by Crippen LogP contribution is -2.43. The Bertz CT molecular complexity index is 514. The van der Waals surface area contributed by atoms with Crippen molar-refractivity contribution in [3.8, 4) is 0 Å². The molecule has 0 aromatic heterocycles. The van der Waals surface area contributed by atoms with E-state index in [1.54, 1.807) is 0 Å². The summed E-state index contributed by atoms with van der Waals surface area (Å²) in [6.07, 6.45) is 0. The van der Waals surface area contributed by atoms with Gasteiger partial charge in [-0.3, -0.25) is 4.79 Å². The number of hydrogen-bond acceptors (Lipinski definition) is 4. The first-order chi connectivity index (χ1) is 8.36. The third-order valence-electron chi connectivity index (χ3n) is 2.05. The van der Waals surface area contributed by atoms with Crippen LogP contribution in [0.5, 0.6) is 0 Å². The van der Waals surface area contributed by atoms with Gasteiger partial charge >= 0.3 is 5.97 Å². The van der Waals surface area contributed by atoms with Gasteiger partial charge in [0.2, 0.25) is 10.0 Å². The monoisotopic (exact) mass is 277 g/mol. The molecule has 1 aromatic rings. The SMILES string of the molecule is COCC(NS(=O)(=O)c1ccc(F)cc1)C(=O)O. The number of aliphatic carboxylic acids is 1. The molecule has 0 radical (unpaired) electrons. The Morgan fingerprint density at radius 3 is 2.44 bits per heavy atom. The zero-order valence-electron chi connectivity index (χ0n) is 9.46. The molecule has 0 spiro atoms. The number of methoxy groups -OCH3 is 1. The van der Waals surface area contributed by atoms with Gasteiger partial charge in [-0.05, 0) is 24.3 Å². The fourth-order valence-corrected chi connectivity index (χ4v) is 2.37. The molecule has 18 heavy (non-hydrogen) atoms. The summed E-state index contributed by atoms with van der Waals surface area (Å²) in [6.45, 7) is -0.310. The van der Waals surface area contributed by atoms with Crippen LogP contribution in [0.2, 0.25) is 0 Å². The number of benzene rings is 1. The van der Waals surface area contributed by atoms with Gasteiger partial charge in [0, 0.05) is 7.11 Å². The Labute approximate surface area is 103 Å². The molecule has 0 aliphatic rings. The molecule has 0 aliphatic carbocycles. The molecule has 0 bridgehead atoms. The van der Waals surface area contributed by atoms with Crippen LogP contribution >= 0.6 is 0 Å². The highest BCUT2D eigenvalue weighted by molar-refractivity contribution is 7.89. The maximum absolute atomic E-state index is 12.7. The molecule has 0 saturated carbocycles. The van der Waals surface area contributed by atoms with Crippen molar-refractivity contribution in [3.63, 3.8) is 0 Å². The Kier molecular flexibility index (Phi) is 4.76. The minimum Gasteiger partial charge on any atom is -0.480 e. The van der Waals surface area contributed by atoms with Gasteiger partial charge in [-0.2, -0.15) is 4.72 Å². The molecule has 0 aliphatic heterocycles. The number of rotatable bonds is 6. The van der Waals surface area contributed by atoms with Crippen molar-refractivity contribution in [3.05, 3.63) is 30.1 Å². The molecule has 8 heteroatoms. The molecule has 6 nitrogen and oxygen atoms in total. The van der Waals surface area contributed by atoms with Crippen LogP contribution in [-0.2, 0) is 19.6 Å². The lowest BCUT2D eigenvalue weighted by molar-refractivity contribution is -0.140. The molecule has 2 N–H and O–H groups in total. The van der Waals surface area contributed by atoms with E-state index in [1.807, 2.05) is 4.72 Å². The van der Waals surface area contributed by atoms with Crippen LogP contribution in [0, 0.1) is 5.82 Å². The predicted octanol–water partition coefficient (Wildman–Crippen LogP) is 0.204. The van der Waals surface area contributed by atoms with Crippen LogP contribution in [0.4, 0.5) is 4.39 Å². The summed E-state index contributed by atoms with van der Waals surface area (Å²) in [7, 11) is -2.77. The third kappa shape index (κ3) is 3.76. The minimum absolute atomic E-state index is 0.216. The van der Waals surface area contributed by atoms with Crippen molar-refractivity contribution in [1.29, 1.82) is 0 Å². The second-order valence-electron chi connectivity index (χ2n) is 3.42. The molecular weight excluding hydrogens is 265 g/mol. The standard InChI is InChI=1S/C10H12FNO5S/c1-17-6-9(10(13)14)12-18(15,16)8-4-2-7(11)3-5-8/h2-5,9,12H,6H2,1H3,(H,13,14). The molecular formula is C10H12FNO5S. The largest absolute Gasteiger partial charge is 0.480 e. The topological polar surface area (TPSA) is 92.7 Å². The van der Waals surface area contributed by atoms with Crippen LogP contribution < -0.4 is 4.72 Å². The number of hydrogen-bond donors (Lipinski definition) is 2. The molecule has 0 amide bonds. The molecule has 100 valence electrons. The van der Waals surface area contributed by atoms with Gasteiger partial charge in [-0.15, -0.1) is 0 Å². The second kappa shape index (κ2) is 5.89. The summed E-state index contributed by atoms with van der Waals surface area (Å²) in [4.78, 5) is 10.6. The maximum Gasteiger partial charge on any atom is 0.324 e. The van der Waals surface area contributed by atoms with E-state index >= 15 is 0 Å². The van der Waals surface area contributed by atoms with Gasteiger partial charge in [-0.1, -0.05) is 0 Å². The first kappa shape index (κ1) is 14.6. The predicted molar refractivity (Wildman–Crippen MR) is 60.0 cm³/mol. The zero-order chi connectivity index (χ0) is 13.8. The molecule has 0 heterocycles. The summed E-state index contributed by atoms with van der Waals surface area (Å²) in [5.41, 5.74) is 0. The summed E-state index contributed by atoms with van der Waals surface area (Å²) < 4.78 is 42.8. The Balaban J connectivity index is 2.93. The molecule has 0 saturated heterocycles. The number of carboxylic acids is 1. The quantitative estimate of drug-likeness (QED) is 0.775. The Morgan fingerprint density at radius 2 is 2.00 bits per heavy atom. The number of ether oxygens (including phenoxy) is 1. The van der Waals surface area contributed by atoms with Crippen molar-refractivity contribution >= 4 is 16.0 Å². The lowest BCUT2D eigenvalue weighted by atomic mass is 10.3. The molecule has 1 aromatic carbocycles. The highest BCUT2D eigenvalue weighted by atomic mass is 32.2. The summed E-state index contributed by atoms with van der Waals surface area (Å²) in [5.74, 6) is -1.94. The van der Waals surface area contributed by atoms with Crippen molar-refractivity contribution < 1.29 is 27.4 Å². The molecule has 1 atom stereocenters. The van der Waals surface area contributed by atoms with E-state index in [2.05, 4.69) is 4.74 Å². The van der Waals surface area contributed by atoms with Crippen LogP contribution in [-0.4, -0.2) is 39.3 Å². The van der Waals surface area contributed by atoms with Gasteiger partial charge in [0.25, 0.3) is 0 Å². The van der Waals surface area contributed by atoms with E-state index in [0.717, 1.165) is 24.3 Å². The van der Waals surface area contributed by atoms with Crippen molar-refractivity contribution in [2.45, 2.75) is 10.9 Å². The Morgan fingerprint density at radius 1 is 1.44 bits per heavy atom. The second-order valence-corrected chi connectivity index (χ2v) is 5.14. The van der Waals surface area contributed by atoms with Gasteiger partial charge in [0.05, 0.1) is 11.5 Å². The number of nitrogens with one attached hydrogen (secondary N) is 1. The smallest absolute Gasteiger partial charge is 0.324 e. The van der Waals surface area contributed by atoms with Crippen LogP contribution in [0.1, 0.15) is 0 Å². The Hall–Kier alpha value is -1.51. The van der Waals surface area contributed by atoms with E-state index in [-0.39, 0.29) is 11.5 Å². The number of sulfonamides is 1. The minimum atomic E-state index is -4.02. The van der Waals surface area contributed by atoms with Crippen molar-refractivity contribution in [2.75, 3.05) is 13.7 Å². The summed E-state index contributed by atoms with van der Waals surface area (Å²) in [6, 6.07) is 2.64. The number of carboxylic acid groups (broad SMARTS) is 1. The molecule has 1 rings (SSSR count). The number of carbonyl (C=O) groups is 1. The summed E-state index contributed by atoms with van der Waals surface area (Å²) >= 11 is 0. The van der Waals surface area contributed by atoms with E-state index in [4.69, 9.17) is 5.11 Å². The van der Waals surface area contributed by atoms with E-state index in [0.29, 0.717) is 0 Å². The van der Waals surface area contributed by atoms with Crippen LogP contribution in [0.15, 0.2) is 29.2 Å². The molecule has 0 fully saturated rings.